The molecule has 2 aromatic rings. The van der Waals surface area contributed by atoms with Gasteiger partial charge in [0.05, 0.1) is 12.4 Å². The standard InChI is InChI=1S/C11H11FN4/c12-9-6-14-11(15-7-9)16-10-4-2-1-3-8(10)5-13/h1-4,6-7H,5,13H2,(H,14,15,16). The largest absolute Gasteiger partial charge is 0.326 e. The zero-order valence-electron chi connectivity index (χ0n) is 8.52. The van der Waals surface area contributed by atoms with Gasteiger partial charge in [0.15, 0.2) is 5.82 Å². The number of nitrogens with zero attached hydrogens (tertiary/aromatic N) is 2. The molecule has 5 heteroatoms. The molecule has 0 amide bonds. The minimum Gasteiger partial charge on any atom is -0.326 e. The fourth-order valence-electron chi connectivity index (χ4n) is 1.32. The number of nitrogens with one attached hydrogen (secondary N) is 1. The summed E-state index contributed by atoms with van der Waals surface area (Å²) in [5, 5.41) is 2.98. The first-order valence-electron chi connectivity index (χ1n) is 4.82. The highest BCUT2D eigenvalue weighted by molar-refractivity contribution is 5.58. The average molecular weight is 218 g/mol. The van der Waals surface area contributed by atoms with E-state index < -0.39 is 5.82 Å². The molecule has 0 bridgehead atoms. The second kappa shape index (κ2) is 4.67. The Morgan fingerprint density at radius 2 is 1.88 bits per heavy atom. The lowest BCUT2D eigenvalue weighted by atomic mass is 10.2. The van der Waals surface area contributed by atoms with Crippen molar-refractivity contribution < 1.29 is 4.39 Å². The molecule has 2 rings (SSSR count). The Hall–Kier alpha value is -2.01. The van der Waals surface area contributed by atoms with E-state index in [1.54, 1.807) is 0 Å². The van der Waals surface area contributed by atoms with Crippen LogP contribution >= 0.6 is 0 Å². The number of hydrogen-bond donors (Lipinski definition) is 2. The Labute approximate surface area is 92.3 Å². The fraction of sp³-hybridized carbons (Fsp3) is 0.0909. The first-order valence-corrected chi connectivity index (χ1v) is 4.82. The minimum absolute atomic E-state index is 0.349. The van der Waals surface area contributed by atoms with Gasteiger partial charge in [-0.25, -0.2) is 14.4 Å². The molecule has 0 aliphatic carbocycles. The van der Waals surface area contributed by atoms with Gasteiger partial charge in [0.25, 0.3) is 0 Å². The molecule has 0 fully saturated rings. The van der Waals surface area contributed by atoms with Crippen LogP contribution in [0.5, 0.6) is 0 Å². The van der Waals surface area contributed by atoms with Gasteiger partial charge in [-0.15, -0.1) is 0 Å². The molecule has 0 saturated carbocycles. The van der Waals surface area contributed by atoms with E-state index >= 15 is 0 Å². The number of para-hydroxylation sites is 1. The lowest BCUT2D eigenvalue weighted by Crippen LogP contribution is -2.03. The van der Waals surface area contributed by atoms with Gasteiger partial charge in [0.2, 0.25) is 5.95 Å². The molecule has 1 aromatic heterocycles. The number of aromatic nitrogens is 2. The van der Waals surface area contributed by atoms with Crippen molar-refractivity contribution in [3.63, 3.8) is 0 Å². The molecule has 4 nitrogen and oxygen atoms in total. The zero-order valence-corrected chi connectivity index (χ0v) is 8.52. The highest BCUT2D eigenvalue weighted by Gasteiger charge is 2.02. The van der Waals surface area contributed by atoms with Gasteiger partial charge in [0, 0.05) is 12.2 Å². The van der Waals surface area contributed by atoms with Crippen molar-refractivity contribution in [2.24, 2.45) is 5.73 Å². The van der Waals surface area contributed by atoms with Crippen LogP contribution in [0, 0.1) is 5.82 Å². The summed E-state index contributed by atoms with van der Waals surface area (Å²) >= 11 is 0. The summed E-state index contributed by atoms with van der Waals surface area (Å²) in [4.78, 5) is 7.62. The van der Waals surface area contributed by atoms with Crippen molar-refractivity contribution in [1.82, 2.24) is 9.97 Å². The number of hydrogen-bond acceptors (Lipinski definition) is 4. The molecular weight excluding hydrogens is 207 g/mol. The molecule has 1 aromatic carbocycles. The molecular formula is C11H11FN4. The summed E-state index contributed by atoms with van der Waals surface area (Å²) in [6.07, 6.45) is 2.22. The Balaban J connectivity index is 2.23. The van der Waals surface area contributed by atoms with E-state index in [1.807, 2.05) is 24.3 Å². The highest BCUT2D eigenvalue weighted by Crippen LogP contribution is 2.17. The summed E-state index contributed by atoms with van der Waals surface area (Å²) in [6, 6.07) is 7.56. The number of anilines is 2. The average Bonchev–Trinajstić information content (AvgIpc) is 2.33. The Morgan fingerprint density at radius 1 is 1.19 bits per heavy atom. The third-order valence-corrected chi connectivity index (χ3v) is 2.10. The monoisotopic (exact) mass is 218 g/mol. The van der Waals surface area contributed by atoms with Crippen molar-refractivity contribution in [3.8, 4) is 0 Å². The van der Waals surface area contributed by atoms with E-state index in [0.29, 0.717) is 12.5 Å². The number of benzene rings is 1. The summed E-state index contributed by atoms with van der Waals surface area (Å²) in [5.74, 6) is -0.111. The molecule has 0 saturated heterocycles. The van der Waals surface area contributed by atoms with Crippen LogP contribution in [0.4, 0.5) is 16.0 Å². The zero-order chi connectivity index (χ0) is 11.4. The molecule has 0 unspecified atom stereocenters. The van der Waals surface area contributed by atoms with Crippen molar-refractivity contribution in [1.29, 1.82) is 0 Å². The normalized spacial score (nSPS) is 10.1. The third-order valence-electron chi connectivity index (χ3n) is 2.10. The molecule has 3 N–H and O–H groups in total. The third kappa shape index (κ3) is 2.32. The maximum Gasteiger partial charge on any atom is 0.227 e. The topological polar surface area (TPSA) is 63.8 Å². The van der Waals surface area contributed by atoms with Gasteiger partial charge >= 0.3 is 0 Å². The molecule has 0 atom stereocenters. The van der Waals surface area contributed by atoms with Crippen molar-refractivity contribution in [2.45, 2.75) is 6.54 Å². The predicted octanol–water partition coefficient (Wildman–Crippen LogP) is 1.82. The van der Waals surface area contributed by atoms with Gasteiger partial charge in [-0.2, -0.15) is 0 Å². The minimum atomic E-state index is -0.460. The molecule has 1 heterocycles. The van der Waals surface area contributed by atoms with Crippen LogP contribution in [0.1, 0.15) is 5.56 Å². The van der Waals surface area contributed by atoms with E-state index in [2.05, 4.69) is 15.3 Å². The first-order chi connectivity index (χ1) is 7.79. The van der Waals surface area contributed by atoms with Crippen LogP contribution < -0.4 is 11.1 Å². The lowest BCUT2D eigenvalue weighted by molar-refractivity contribution is 0.614. The fourth-order valence-corrected chi connectivity index (χ4v) is 1.32. The van der Waals surface area contributed by atoms with Crippen LogP contribution in [0.3, 0.4) is 0 Å². The Bertz CT molecular complexity index is 470. The van der Waals surface area contributed by atoms with Crippen molar-refractivity contribution in [3.05, 3.63) is 48.0 Å². The molecule has 0 aliphatic heterocycles. The van der Waals surface area contributed by atoms with E-state index in [1.165, 1.54) is 0 Å². The van der Waals surface area contributed by atoms with E-state index in [4.69, 9.17) is 5.73 Å². The number of rotatable bonds is 3. The van der Waals surface area contributed by atoms with Crippen LogP contribution in [-0.2, 0) is 6.54 Å². The maximum atomic E-state index is 12.6. The van der Waals surface area contributed by atoms with Gasteiger partial charge in [0.1, 0.15) is 0 Å². The predicted molar refractivity (Wildman–Crippen MR) is 59.6 cm³/mol. The molecule has 0 radical (unpaired) electrons. The molecule has 16 heavy (non-hydrogen) atoms. The molecule has 82 valence electrons. The van der Waals surface area contributed by atoms with Gasteiger partial charge in [-0.3, -0.25) is 0 Å². The number of nitrogens with two attached hydrogens (primary N) is 1. The molecule has 0 aliphatic rings. The van der Waals surface area contributed by atoms with E-state index in [9.17, 15) is 4.39 Å². The quantitative estimate of drug-likeness (QED) is 0.824. The summed E-state index contributed by atoms with van der Waals surface area (Å²) < 4.78 is 12.6. The summed E-state index contributed by atoms with van der Waals surface area (Å²) in [7, 11) is 0. The Morgan fingerprint density at radius 3 is 2.56 bits per heavy atom. The van der Waals surface area contributed by atoms with Gasteiger partial charge < -0.3 is 11.1 Å². The SMILES string of the molecule is NCc1ccccc1Nc1ncc(F)cn1. The number of halogens is 1. The van der Waals surface area contributed by atoms with E-state index in [0.717, 1.165) is 23.6 Å². The van der Waals surface area contributed by atoms with Crippen molar-refractivity contribution >= 4 is 11.6 Å². The van der Waals surface area contributed by atoms with Gasteiger partial charge in [-0.1, -0.05) is 18.2 Å². The first kappa shape index (κ1) is 10.5. The second-order valence-electron chi connectivity index (χ2n) is 3.21. The van der Waals surface area contributed by atoms with Gasteiger partial charge in [-0.05, 0) is 11.6 Å². The second-order valence-corrected chi connectivity index (χ2v) is 3.21. The Kier molecular flexibility index (Phi) is 3.07. The molecule has 0 spiro atoms. The van der Waals surface area contributed by atoms with Crippen molar-refractivity contribution in [2.75, 3.05) is 5.32 Å². The smallest absolute Gasteiger partial charge is 0.227 e. The summed E-state index contributed by atoms with van der Waals surface area (Å²) in [6.45, 7) is 0.421. The van der Waals surface area contributed by atoms with Crippen LogP contribution in [0.2, 0.25) is 0 Å². The maximum absolute atomic E-state index is 12.6. The van der Waals surface area contributed by atoms with Crippen LogP contribution in [0.25, 0.3) is 0 Å². The van der Waals surface area contributed by atoms with E-state index in [-0.39, 0.29) is 0 Å². The summed E-state index contributed by atoms with van der Waals surface area (Å²) in [5.41, 5.74) is 7.37. The highest BCUT2D eigenvalue weighted by atomic mass is 19.1. The lowest BCUT2D eigenvalue weighted by Gasteiger charge is -2.08. The van der Waals surface area contributed by atoms with Crippen LogP contribution in [0.15, 0.2) is 36.7 Å². The van der Waals surface area contributed by atoms with Crippen LogP contribution in [-0.4, -0.2) is 9.97 Å².